The number of nitrogens with zero attached hydrogens (tertiary/aromatic N) is 2. The van der Waals surface area contributed by atoms with E-state index in [-0.39, 0.29) is 10.8 Å². The van der Waals surface area contributed by atoms with Gasteiger partial charge in [-0.25, -0.2) is 4.21 Å². The van der Waals surface area contributed by atoms with Gasteiger partial charge in [0.05, 0.1) is 4.75 Å². The molecule has 0 saturated heterocycles. The summed E-state index contributed by atoms with van der Waals surface area (Å²) >= 11 is 0. The summed E-state index contributed by atoms with van der Waals surface area (Å²) in [6.45, 7) is 9.75. The molecule has 2 rings (SSSR count). The molecule has 2 atom stereocenters. The predicted molar refractivity (Wildman–Crippen MR) is 117 cm³/mol. The van der Waals surface area contributed by atoms with Gasteiger partial charge in [0, 0.05) is 25.3 Å². The van der Waals surface area contributed by atoms with Crippen LogP contribution in [0, 0.1) is 0 Å². The van der Waals surface area contributed by atoms with E-state index in [0.717, 1.165) is 25.9 Å². The van der Waals surface area contributed by atoms with Gasteiger partial charge in [-0.15, -0.1) is 0 Å². The quantitative estimate of drug-likeness (QED) is 0.543. The first-order chi connectivity index (χ1) is 12.9. The maximum Gasteiger partial charge on any atom is 0.144 e. The van der Waals surface area contributed by atoms with Crippen LogP contribution in [0.3, 0.4) is 0 Å². The van der Waals surface area contributed by atoms with Gasteiger partial charge in [-0.3, -0.25) is 4.90 Å². The van der Waals surface area contributed by atoms with Crippen LogP contribution in [0.2, 0.25) is 0 Å². The Labute approximate surface area is 167 Å². The highest BCUT2D eigenvalue weighted by Crippen LogP contribution is 2.17. The maximum absolute atomic E-state index is 12.4. The summed E-state index contributed by atoms with van der Waals surface area (Å²) in [5.74, 6) is 0. The average Bonchev–Trinajstić information content (AvgIpc) is 2.65. The highest BCUT2D eigenvalue weighted by atomic mass is 32.2. The summed E-state index contributed by atoms with van der Waals surface area (Å²) in [6, 6.07) is 21.2. The van der Waals surface area contributed by atoms with Crippen molar-refractivity contribution in [3.05, 3.63) is 71.8 Å². The second-order valence-corrected chi connectivity index (χ2v) is 9.78. The molecule has 0 aliphatic carbocycles. The minimum absolute atomic E-state index is 0.154. The van der Waals surface area contributed by atoms with Gasteiger partial charge in [-0.1, -0.05) is 74.0 Å². The molecule has 0 N–H and O–H groups in total. The predicted octanol–water partition coefficient (Wildman–Crippen LogP) is 5.39. The largest absolute Gasteiger partial charge is 0.287 e. The van der Waals surface area contributed by atoms with Crippen molar-refractivity contribution in [2.45, 2.75) is 64.4 Å². The molecule has 2 aromatic carbocycles. The minimum atomic E-state index is -1.23. The van der Waals surface area contributed by atoms with Crippen molar-refractivity contribution in [3.63, 3.8) is 0 Å². The molecule has 0 aromatic heterocycles. The first-order valence-corrected chi connectivity index (χ1v) is 10.8. The van der Waals surface area contributed by atoms with E-state index in [1.54, 1.807) is 0 Å². The number of rotatable bonds is 9. The Balaban J connectivity index is 2.25. The molecule has 0 spiro atoms. The fourth-order valence-electron chi connectivity index (χ4n) is 2.86. The summed E-state index contributed by atoms with van der Waals surface area (Å²) in [7, 11) is -1.23. The zero-order valence-electron chi connectivity index (χ0n) is 17.0. The van der Waals surface area contributed by atoms with Crippen LogP contribution in [-0.4, -0.2) is 26.1 Å². The normalized spacial score (nSPS) is 14.6. The van der Waals surface area contributed by atoms with Crippen LogP contribution in [0.15, 0.2) is 65.1 Å². The number of hydrogen-bond acceptors (Lipinski definition) is 2. The lowest BCUT2D eigenvalue weighted by Gasteiger charge is -2.29. The third-order valence-corrected chi connectivity index (χ3v) is 5.72. The van der Waals surface area contributed by atoms with Crippen LogP contribution in [0.25, 0.3) is 0 Å². The smallest absolute Gasteiger partial charge is 0.144 e. The molecule has 0 heterocycles. The lowest BCUT2D eigenvalue weighted by Crippen LogP contribution is -2.36. The highest BCUT2D eigenvalue weighted by molar-refractivity contribution is 7.85. The second-order valence-electron chi connectivity index (χ2n) is 7.85. The third kappa shape index (κ3) is 7.39. The maximum atomic E-state index is 12.4. The standard InChI is InChI=1S/C23H32N2OS/c1-5-12-22(17-24-27(26)23(2,3)4)25(18-20-13-8-6-9-14-20)19-21-15-10-7-11-16-21/h6-11,13-17,22H,5,12,18-19H2,1-4H3/b24-17+/t22-,27+/m0/s1. The fourth-order valence-corrected chi connectivity index (χ4v) is 3.42. The van der Waals surface area contributed by atoms with Gasteiger partial charge in [0.2, 0.25) is 0 Å². The number of hydrogen-bond donors (Lipinski definition) is 0. The first kappa shape index (κ1) is 21.5. The van der Waals surface area contributed by atoms with Crippen molar-refractivity contribution in [1.29, 1.82) is 0 Å². The molecular weight excluding hydrogens is 352 g/mol. The highest BCUT2D eigenvalue weighted by Gasteiger charge is 2.21. The van der Waals surface area contributed by atoms with E-state index in [0.29, 0.717) is 0 Å². The van der Waals surface area contributed by atoms with Gasteiger partial charge >= 0.3 is 0 Å². The zero-order valence-corrected chi connectivity index (χ0v) is 17.8. The second kappa shape index (κ2) is 10.5. The van der Waals surface area contributed by atoms with E-state index in [9.17, 15) is 4.21 Å². The van der Waals surface area contributed by atoms with Gasteiger partial charge in [0.15, 0.2) is 0 Å². The Kier molecular flexibility index (Phi) is 8.39. The molecular formula is C23H32N2OS. The van der Waals surface area contributed by atoms with Crippen LogP contribution in [0.1, 0.15) is 51.7 Å². The molecule has 3 nitrogen and oxygen atoms in total. The van der Waals surface area contributed by atoms with Crippen LogP contribution in [0.4, 0.5) is 0 Å². The molecule has 27 heavy (non-hydrogen) atoms. The van der Waals surface area contributed by atoms with E-state index in [1.165, 1.54) is 11.1 Å². The summed E-state index contributed by atoms with van der Waals surface area (Å²) < 4.78 is 16.5. The van der Waals surface area contributed by atoms with E-state index >= 15 is 0 Å². The Hall–Kier alpha value is -1.78. The van der Waals surface area contributed by atoms with Gasteiger partial charge in [0.25, 0.3) is 0 Å². The third-order valence-electron chi connectivity index (χ3n) is 4.36. The van der Waals surface area contributed by atoms with E-state index in [1.807, 2.05) is 39.1 Å². The van der Waals surface area contributed by atoms with Crippen LogP contribution < -0.4 is 0 Å². The van der Waals surface area contributed by atoms with Crippen molar-refractivity contribution >= 4 is 17.2 Å². The Morgan fingerprint density at radius 2 is 1.44 bits per heavy atom. The summed E-state index contributed by atoms with van der Waals surface area (Å²) in [5.41, 5.74) is 2.56. The monoisotopic (exact) mass is 384 g/mol. The topological polar surface area (TPSA) is 32.7 Å². The van der Waals surface area contributed by atoms with Crippen molar-refractivity contribution in [2.24, 2.45) is 4.40 Å². The fraction of sp³-hybridized carbons (Fsp3) is 0.435. The van der Waals surface area contributed by atoms with Gasteiger partial charge in [-0.2, -0.15) is 4.40 Å². The Bertz CT molecular complexity index is 682. The minimum Gasteiger partial charge on any atom is -0.287 e. The van der Waals surface area contributed by atoms with E-state index < -0.39 is 11.0 Å². The van der Waals surface area contributed by atoms with E-state index in [2.05, 4.69) is 64.8 Å². The molecule has 0 aliphatic rings. The summed E-state index contributed by atoms with van der Waals surface area (Å²) in [6.07, 6.45) is 3.96. The van der Waals surface area contributed by atoms with Gasteiger partial charge in [-0.05, 0) is 38.3 Å². The van der Waals surface area contributed by atoms with Gasteiger partial charge < -0.3 is 0 Å². The summed E-state index contributed by atoms with van der Waals surface area (Å²) in [5, 5.41) is 0. The lowest BCUT2D eigenvalue weighted by molar-refractivity contribution is 0.217. The molecule has 146 valence electrons. The van der Waals surface area contributed by atoms with E-state index in [4.69, 9.17) is 0 Å². The van der Waals surface area contributed by atoms with Crippen molar-refractivity contribution in [3.8, 4) is 0 Å². The van der Waals surface area contributed by atoms with Crippen LogP contribution >= 0.6 is 0 Å². The molecule has 0 unspecified atom stereocenters. The SMILES string of the molecule is CCC[C@@H](/C=N/[S@](=O)C(C)(C)C)N(Cc1ccccc1)Cc1ccccc1. The molecule has 0 bridgehead atoms. The lowest BCUT2D eigenvalue weighted by atomic mass is 10.1. The Morgan fingerprint density at radius 3 is 1.85 bits per heavy atom. The Morgan fingerprint density at radius 1 is 0.963 bits per heavy atom. The van der Waals surface area contributed by atoms with Crippen LogP contribution in [-0.2, 0) is 24.1 Å². The molecule has 0 fully saturated rings. The molecule has 2 aromatic rings. The molecule has 4 heteroatoms. The van der Waals surface area contributed by atoms with Crippen molar-refractivity contribution in [1.82, 2.24) is 4.90 Å². The van der Waals surface area contributed by atoms with Crippen molar-refractivity contribution < 1.29 is 4.21 Å². The first-order valence-electron chi connectivity index (χ1n) is 9.68. The molecule has 0 amide bonds. The number of benzene rings is 2. The molecule has 0 saturated carbocycles. The molecule has 0 radical (unpaired) electrons. The average molecular weight is 385 g/mol. The van der Waals surface area contributed by atoms with Crippen LogP contribution in [0.5, 0.6) is 0 Å². The summed E-state index contributed by atoms with van der Waals surface area (Å²) in [4.78, 5) is 2.43. The zero-order chi connectivity index (χ0) is 19.7. The van der Waals surface area contributed by atoms with Crippen molar-refractivity contribution in [2.75, 3.05) is 0 Å². The van der Waals surface area contributed by atoms with Gasteiger partial charge in [0.1, 0.15) is 11.0 Å². The molecule has 0 aliphatic heterocycles.